The van der Waals surface area contributed by atoms with Crippen LogP contribution in [0.25, 0.3) is 0 Å². The first-order valence-electron chi connectivity index (χ1n) is 5.03. The van der Waals surface area contributed by atoms with Crippen molar-refractivity contribution in [2.75, 3.05) is 26.2 Å². The van der Waals surface area contributed by atoms with E-state index < -0.39 is 0 Å². The van der Waals surface area contributed by atoms with Gasteiger partial charge in [0.1, 0.15) is 0 Å². The molecule has 2 rings (SSSR count). The van der Waals surface area contributed by atoms with Gasteiger partial charge in [-0.3, -0.25) is 4.79 Å². The van der Waals surface area contributed by atoms with Gasteiger partial charge in [-0.2, -0.15) is 0 Å². The smallest absolute Gasteiger partial charge is 0.221 e. The van der Waals surface area contributed by atoms with Crippen LogP contribution in [0.4, 0.5) is 0 Å². The summed E-state index contributed by atoms with van der Waals surface area (Å²) in [4.78, 5) is 11.1. The van der Waals surface area contributed by atoms with E-state index in [1.54, 1.807) is 0 Å². The van der Waals surface area contributed by atoms with Crippen molar-refractivity contribution in [3.63, 3.8) is 0 Å². The molecule has 0 aromatic heterocycles. The second-order valence-electron chi connectivity index (χ2n) is 3.98. The highest BCUT2D eigenvalue weighted by atomic mass is 16.1. The van der Waals surface area contributed by atoms with Gasteiger partial charge in [0, 0.05) is 25.0 Å². The Bertz CT molecular complexity index is 199. The average Bonchev–Trinajstić information content (AvgIpc) is 2.32. The lowest BCUT2D eigenvalue weighted by Gasteiger charge is -2.37. The monoisotopic (exact) mass is 183 g/mol. The first-order valence-corrected chi connectivity index (χ1v) is 5.03. The van der Waals surface area contributed by atoms with Crippen LogP contribution >= 0.6 is 0 Å². The highest BCUT2D eigenvalue weighted by molar-refractivity contribution is 5.76. The maximum absolute atomic E-state index is 11.1. The van der Waals surface area contributed by atoms with E-state index >= 15 is 0 Å². The number of carbonyl (C=O) groups excluding carboxylic acids is 1. The van der Waals surface area contributed by atoms with Gasteiger partial charge in [0.25, 0.3) is 0 Å². The van der Waals surface area contributed by atoms with Crippen molar-refractivity contribution in [3.8, 4) is 0 Å². The van der Waals surface area contributed by atoms with Gasteiger partial charge in [0.15, 0.2) is 0 Å². The van der Waals surface area contributed by atoms with Crippen LogP contribution in [-0.4, -0.2) is 37.6 Å². The van der Waals surface area contributed by atoms with E-state index in [4.69, 9.17) is 0 Å². The van der Waals surface area contributed by atoms with Crippen LogP contribution in [0, 0.1) is 0 Å². The van der Waals surface area contributed by atoms with Crippen molar-refractivity contribution >= 4 is 5.91 Å². The molecule has 13 heavy (non-hydrogen) atoms. The summed E-state index contributed by atoms with van der Waals surface area (Å²) in [7, 11) is 0. The molecule has 74 valence electrons. The fraction of sp³-hybridized carbons (Fsp3) is 0.889. The van der Waals surface area contributed by atoms with Crippen LogP contribution in [0.3, 0.4) is 0 Å². The number of carbonyl (C=O) groups is 1. The normalized spacial score (nSPS) is 28.2. The molecule has 2 fully saturated rings. The molecule has 2 saturated heterocycles. The molecule has 0 unspecified atom stereocenters. The minimum atomic E-state index is 0.178. The summed E-state index contributed by atoms with van der Waals surface area (Å²) in [5.41, 5.74) is 0.178. The Morgan fingerprint density at radius 3 is 2.69 bits per heavy atom. The van der Waals surface area contributed by atoms with E-state index in [1.165, 1.54) is 0 Å². The lowest BCUT2D eigenvalue weighted by Crippen LogP contribution is -2.56. The maximum atomic E-state index is 11.1. The zero-order chi connectivity index (χ0) is 9.15. The Hall–Kier alpha value is -0.610. The highest BCUT2D eigenvalue weighted by Crippen LogP contribution is 2.18. The van der Waals surface area contributed by atoms with Gasteiger partial charge in [-0.05, 0) is 25.9 Å². The predicted octanol–water partition coefficient (Wildman–Crippen LogP) is -0.782. The van der Waals surface area contributed by atoms with Crippen molar-refractivity contribution < 1.29 is 4.79 Å². The van der Waals surface area contributed by atoms with E-state index in [0.717, 1.165) is 39.0 Å². The summed E-state index contributed by atoms with van der Waals surface area (Å²) in [5, 5.41) is 9.82. The second-order valence-corrected chi connectivity index (χ2v) is 3.98. The number of hydrogen-bond donors (Lipinski definition) is 3. The van der Waals surface area contributed by atoms with Crippen LogP contribution in [0.1, 0.15) is 19.3 Å². The number of amides is 1. The topological polar surface area (TPSA) is 53.2 Å². The maximum Gasteiger partial charge on any atom is 0.221 e. The molecule has 4 nitrogen and oxygen atoms in total. The van der Waals surface area contributed by atoms with Gasteiger partial charge in [0.05, 0.1) is 0 Å². The van der Waals surface area contributed by atoms with E-state index in [-0.39, 0.29) is 11.4 Å². The van der Waals surface area contributed by atoms with Gasteiger partial charge in [-0.15, -0.1) is 0 Å². The van der Waals surface area contributed by atoms with Gasteiger partial charge in [-0.1, -0.05) is 0 Å². The Balaban J connectivity index is 1.99. The first-order chi connectivity index (χ1) is 6.31. The standard InChI is InChI=1S/C9H17N3O/c13-8-1-4-12-9(7-11-8)2-5-10-6-3-9/h10,12H,1-7H2,(H,11,13). The molecule has 0 aliphatic carbocycles. The largest absolute Gasteiger partial charge is 0.354 e. The molecule has 1 amide bonds. The second kappa shape index (κ2) is 3.64. The van der Waals surface area contributed by atoms with Gasteiger partial charge in [0.2, 0.25) is 5.91 Å². The fourth-order valence-corrected chi connectivity index (χ4v) is 2.12. The van der Waals surface area contributed by atoms with Crippen LogP contribution in [-0.2, 0) is 4.79 Å². The molecule has 0 atom stereocenters. The summed E-state index contributed by atoms with van der Waals surface area (Å²) >= 11 is 0. The highest BCUT2D eigenvalue weighted by Gasteiger charge is 2.33. The third-order valence-electron chi connectivity index (χ3n) is 3.04. The number of rotatable bonds is 0. The van der Waals surface area contributed by atoms with Gasteiger partial charge >= 0.3 is 0 Å². The van der Waals surface area contributed by atoms with Crippen molar-refractivity contribution in [2.24, 2.45) is 0 Å². The minimum absolute atomic E-state index is 0.178. The molecule has 1 spiro atoms. The molecular weight excluding hydrogens is 166 g/mol. The lowest BCUT2D eigenvalue weighted by molar-refractivity contribution is -0.120. The molecule has 0 bridgehead atoms. The van der Waals surface area contributed by atoms with Gasteiger partial charge in [-0.25, -0.2) is 0 Å². The molecule has 2 aliphatic heterocycles. The van der Waals surface area contributed by atoms with Crippen molar-refractivity contribution in [1.29, 1.82) is 0 Å². The zero-order valence-electron chi connectivity index (χ0n) is 7.86. The number of nitrogens with one attached hydrogen (secondary N) is 3. The molecule has 0 radical (unpaired) electrons. The van der Waals surface area contributed by atoms with Crippen molar-refractivity contribution in [3.05, 3.63) is 0 Å². The molecular formula is C9H17N3O. The molecule has 2 heterocycles. The Kier molecular flexibility index (Phi) is 2.51. The number of piperidine rings is 1. The molecule has 2 aliphatic rings. The summed E-state index contributed by atoms with van der Waals surface area (Å²) in [6, 6.07) is 0. The summed E-state index contributed by atoms with van der Waals surface area (Å²) < 4.78 is 0. The third-order valence-corrected chi connectivity index (χ3v) is 3.04. The summed E-state index contributed by atoms with van der Waals surface area (Å²) in [6.45, 7) is 3.74. The quantitative estimate of drug-likeness (QED) is 0.462. The molecule has 4 heteroatoms. The van der Waals surface area contributed by atoms with Crippen molar-refractivity contribution in [2.45, 2.75) is 24.8 Å². The van der Waals surface area contributed by atoms with Crippen LogP contribution in [0.15, 0.2) is 0 Å². The molecule has 0 aromatic carbocycles. The molecule has 0 aromatic rings. The van der Waals surface area contributed by atoms with E-state index in [9.17, 15) is 4.79 Å². The molecule has 3 N–H and O–H groups in total. The zero-order valence-corrected chi connectivity index (χ0v) is 7.86. The Morgan fingerprint density at radius 2 is 1.92 bits per heavy atom. The lowest BCUT2D eigenvalue weighted by atomic mass is 9.88. The summed E-state index contributed by atoms with van der Waals surface area (Å²) in [6.07, 6.45) is 2.86. The van der Waals surface area contributed by atoms with Crippen LogP contribution in [0.5, 0.6) is 0 Å². The first kappa shape index (κ1) is 8.97. The average molecular weight is 183 g/mol. The van der Waals surface area contributed by atoms with Gasteiger partial charge < -0.3 is 16.0 Å². The summed E-state index contributed by atoms with van der Waals surface area (Å²) in [5.74, 6) is 0.183. The van der Waals surface area contributed by atoms with Crippen LogP contribution in [0.2, 0.25) is 0 Å². The Labute approximate surface area is 78.5 Å². The SMILES string of the molecule is O=C1CCNC2(CCNCC2)CN1. The fourth-order valence-electron chi connectivity index (χ4n) is 2.12. The van der Waals surface area contributed by atoms with E-state index in [2.05, 4.69) is 16.0 Å². The Morgan fingerprint density at radius 1 is 1.15 bits per heavy atom. The third kappa shape index (κ3) is 2.00. The van der Waals surface area contributed by atoms with Crippen LogP contribution < -0.4 is 16.0 Å². The van der Waals surface area contributed by atoms with E-state index in [0.29, 0.717) is 6.42 Å². The predicted molar refractivity (Wildman–Crippen MR) is 50.5 cm³/mol. The van der Waals surface area contributed by atoms with E-state index in [1.807, 2.05) is 0 Å². The van der Waals surface area contributed by atoms with Crippen molar-refractivity contribution in [1.82, 2.24) is 16.0 Å². The molecule has 0 saturated carbocycles. The minimum Gasteiger partial charge on any atom is -0.354 e. The number of hydrogen-bond acceptors (Lipinski definition) is 3.